The van der Waals surface area contributed by atoms with Crippen LogP contribution < -0.4 is 5.32 Å². The van der Waals surface area contributed by atoms with Crippen LogP contribution in [0.5, 0.6) is 0 Å². The van der Waals surface area contributed by atoms with Gasteiger partial charge in [0.2, 0.25) is 0 Å². The molecule has 0 aliphatic heterocycles. The van der Waals surface area contributed by atoms with Gasteiger partial charge in [-0.05, 0) is 32.9 Å². The lowest BCUT2D eigenvalue weighted by Crippen LogP contribution is -2.54. The average Bonchev–Trinajstić information content (AvgIpc) is 2.75. The Morgan fingerprint density at radius 1 is 1.53 bits per heavy atom. The van der Waals surface area contributed by atoms with E-state index in [2.05, 4.69) is 47.8 Å². The number of aromatic nitrogens is 2. The van der Waals surface area contributed by atoms with Crippen LogP contribution in [-0.4, -0.2) is 40.6 Å². The number of nitrogens with zero attached hydrogens (tertiary/aromatic N) is 3. The molecule has 19 heavy (non-hydrogen) atoms. The number of likely N-dealkylation sites (N-methyl/N-ethyl adjacent to an activating group) is 1. The van der Waals surface area contributed by atoms with Gasteiger partial charge in [-0.3, -0.25) is 0 Å². The molecule has 0 spiro atoms. The molecule has 0 unspecified atom stereocenters. The SMILES string of the molecule is C[C@@H]1CCC[C@@](CNCc2cncn2C)(N(C)C)C1. The summed E-state index contributed by atoms with van der Waals surface area (Å²) in [7, 11) is 6.50. The van der Waals surface area contributed by atoms with Crippen LogP contribution in [0.15, 0.2) is 12.5 Å². The molecule has 0 saturated heterocycles. The second-order valence-corrected chi connectivity index (χ2v) is 6.42. The standard InChI is InChI=1S/C15H28N4/c1-13-6-5-7-15(8-13,18(2)3)11-16-9-14-10-17-12-19(14)4/h10,12-13,16H,5-9,11H2,1-4H3/t13-,15-/m1/s1. The lowest BCUT2D eigenvalue weighted by atomic mass is 9.75. The molecule has 1 heterocycles. The number of hydrogen-bond donors (Lipinski definition) is 1. The molecular weight excluding hydrogens is 236 g/mol. The van der Waals surface area contributed by atoms with Crippen LogP contribution >= 0.6 is 0 Å². The molecule has 1 saturated carbocycles. The fraction of sp³-hybridized carbons (Fsp3) is 0.800. The fourth-order valence-electron chi connectivity index (χ4n) is 3.34. The molecule has 1 aromatic heterocycles. The van der Waals surface area contributed by atoms with E-state index < -0.39 is 0 Å². The van der Waals surface area contributed by atoms with Crippen molar-refractivity contribution in [2.45, 2.75) is 44.7 Å². The maximum absolute atomic E-state index is 4.16. The maximum atomic E-state index is 4.16. The first-order chi connectivity index (χ1) is 9.03. The Balaban J connectivity index is 1.92. The van der Waals surface area contributed by atoms with Gasteiger partial charge in [-0.1, -0.05) is 19.8 Å². The highest BCUT2D eigenvalue weighted by Gasteiger charge is 2.36. The minimum Gasteiger partial charge on any atom is -0.337 e. The zero-order chi connectivity index (χ0) is 13.9. The summed E-state index contributed by atoms with van der Waals surface area (Å²) in [5.74, 6) is 0.842. The van der Waals surface area contributed by atoms with Crippen molar-refractivity contribution in [2.24, 2.45) is 13.0 Å². The molecule has 4 nitrogen and oxygen atoms in total. The van der Waals surface area contributed by atoms with Crippen LogP contribution in [0.25, 0.3) is 0 Å². The van der Waals surface area contributed by atoms with E-state index in [0.717, 1.165) is 19.0 Å². The number of nitrogens with one attached hydrogen (secondary N) is 1. The van der Waals surface area contributed by atoms with Gasteiger partial charge in [0.15, 0.2) is 0 Å². The quantitative estimate of drug-likeness (QED) is 0.883. The Hall–Kier alpha value is -0.870. The fourth-order valence-corrected chi connectivity index (χ4v) is 3.34. The van der Waals surface area contributed by atoms with Crippen LogP contribution in [0.2, 0.25) is 0 Å². The third-order valence-electron chi connectivity index (χ3n) is 4.69. The highest BCUT2D eigenvalue weighted by Crippen LogP contribution is 2.35. The predicted molar refractivity (Wildman–Crippen MR) is 79.0 cm³/mol. The smallest absolute Gasteiger partial charge is 0.0945 e. The molecule has 1 N–H and O–H groups in total. The molecule has 0 radical (unpaired) electrons. The minimum absolute atomic E-state index is 0.330. The first kappa shape index (κ1) is 14.5. The summed E-state index contributed by atoms with van der Waals surface area (Å²) in [6, 6.07) is 0. The lowest BCUT2D eigenvalue weighted by Gasteiger charge is -2.45. The molecule has 1 fully saturated rings. The van der Waals surface area contributed by atoms with Crippen molar-refractivity contribution in [2.75, 3.05) is 20.6 Å². The van der Waals surface area contributed by atoms with E-state index in [1.54, 1.807) is 0 Å². The van der Waals surface area contributed by atoms with Crippen molar-refractivity contribution in [1.29, 1.82) is 0 Å². The zero-order valence-corrected chi connectivity index (χ0v) is 12.8. The second kappa shape index (κ2) is 6.06. The van der Waals surface area contributed by atoms with Crippen LogP contribution in [0, 0.1) is 5.92 Å². The summed E-state index contributed by atoms with van der Waals surface area (Å²) < 4.78 is 2.08. The monoisotopic (exact) mass is 264 g/mol. The Morgan fingerprint density at radius 2 is 2.32 bits per heavy atom. The summed E-state index contributed by atoms with van der Waals surface area (Å²) in [6.45, 7) is 4.36. The van der Waals surface area contributed by atoms with E-state index in [1.165, 1.54) is 31.4 Å². The predicted octanol–water partition coefficient (Wildman–Crippen LogP) is 2.02. The molecule has 0 bridgehead atoms. The molecule has 108 valence electrons. The molecule has 1 aromatic rings. The van der Waals surface area contributed by atoms with Gasteiger partial charge < -0.3 is 14.8 Å². The van der Waals surface area contributed by atoms with E-state index in [4.69, 9.17) is 0 Å². The summed E-state index contributed by atoms with van der Waals surface area (Å²) >= 11 is 0. The van der Waals surface area contributed by atoms with E-state index in [-0.39, 0.29) is 0 Å². The van der Waals surface area contributed by atoms with Crippen LogP contribution in [0.4, 0.5) is 0 Å². The number of hydrogen-bond acceptors (Lipinski definition) is 3. The number of rotatable bonds is 5. The molecule has 0 aromatic carbocycles. The third-order valence-corrected chi connectivity index (χ3v) is 4.69. The van der Waals surface area contributed by atoms with Crippen molar-refractivity contribution in [3.05, 3.63) is 18.2 Å². The van der Waals surface area contributed by atoms with Crippen LogP contribution in [-0.2, 0) is 13.6 Å². The van der Waals surface area contributed by atoms with E-state index in [1.807, 2.05) is 12.5 Å². The normalized spacial score (nSPS) is 27.9. The van der Waals surface area contributed by atoms with Crippen molar-refractivity contribution in [3.63, 3.8) is 0 Å². The molecule has 4 heteroatoms. The van der Waals surface area contributed by atoms with Gasteiger partial charge in [0, 0.05) is 31.9 Å². The molecule has 0 amide bonds. The zero-order valence-electron chi connectivity index (χ0n) is 12.8. The minimum atomic E-state index is 0.330. The van der Waals surface area contributed by atoms with Crippen molar-refractivity contribution < 1.29 is 0 Å². The molecule has 1 aliphatic rings. The van der Waals surface area contributed by atoms with Gasteiger partial charge in [0.1, 0.15) is 0 Å². The van der Waals surface area contributed by atoms with E-state index in [9.17, 15) is 0 Å². The highest BCUT2D eigenvalue weighted by atomic mass is 15.2. The van der Waals surface area contributed by atoms with Gasteiger partial charge in [-0.15, -0.1) is 0 Å². The summed E-state index contributed by atoms with van der Waals surface area (Å²) in [5, 5.41) is 3.64. The Morgan fingerprint density at radius 3 is 2.89 bits per heavy atom. The van der Waals surface area contributed by atoms with E-state index in [0.29, 0.717) is 5.54 Å². The summed E-state index contributed by atoms with van der Waals surface area (Å²) in [4.78, 5) is 6.59. The van der Waals surface area contributed by atoms with Crippen molar-refractivity contribution >= 4 is 0 Å². The third kappa shape index (κ3) is 3.37. The highest BCUT2D eigenvalue weighted by molar-refractivity contribution is 4.99. The molecular formula is C15H28N4. The van der Waals surface area contributed by atoms with Gasteiger partial charge in [-0.25, -0.2) is 4.98 Å². The van der Waals surface area contributed by atoms with Crippen molar-refractivity contribution in [1.82, 2.24) is 19.8 Å². The molecule has 2 rings (SSSR count). The summed E-state index contributed by atoms with van der Waals surface area (Å²) in [5.41, 5.74) is 1.58. The first-order valence-corrected chi connectivity index (χ1v) is 7.37. The van der Waals surface area contributed by atoms with E-state index >= 15 is 0 Å². The van der Waals surface area contributed by atoms with Crippen LogP contribution in [0.3, 0.4) is 0 Å². The molecule has 2 atom stereocenters. The topological polar surface area (TPSA) is 33.1 Å². The Labute approximate surface area is 117 Å². The lowest BCUT2D eigenvalue weighted by molar-refractivity contribution is 0.0748. The van der Waals surface area contributed by atoms with Gasteiger partial charge in [0.25, 0.3) is 0 Å². The average molecular weight is 264 g/mol. The second-order valence-electron chi connectivity index (χ2n) is 6.42. The molecule has 1 aliphatic carbocycles. The number of imidazole rings is 1. The van der Waals surface area contributed by atoms with Crippen LogP contribution in [0.1, 0.15) is 38.3 Å². The summed E-state index contributed by atoms with van der Waals surface area (Å²) in [6.07, 6.45) is 9.16. The maximum Gasteiger partial charge on any atom is 0.0945 e. The Kier molecular flexibility index (Phi) is 4.63. The first-order valence-electron chi connectivity index (χ1n) is 7.37. The van der Waals surface area contributed by atoms with Gasteiger partial charge in [0.05, 0.1) is 12.0 Å². The van der Waals surface area contributed by atoms with Gasteiger partial charge >= 0.3 is 0 Å². The Bertz CT molecular complexity index is 399. The van der Waals surface area contributed by atoms with Crippen molar-refractivity contribution in [3.8, 4) is 0 Å². The largest absolute Gasteiger partial charge is 0.337 e. The van der Waals surface area contributed by atoms with Gasteiger partial charge in [-0.2, -0.15) is 0 Å². The number of aryl methyl sites for hydroxylation is 1.